The Morgan fingerprint density at radius 1 is 1.10 bits per heavy atom. The minimum atomic E-state index is -1.21. The molecule has 2 aromatic carbocycles. The molecule has 0 amide bonds. The van der Waals surface area contributed by atoms with Crippen LogP contribution in [0.5, 0.6) is 34.5 Å². The van der Waals surface area contributed by atoms with Gasteiger partial charge in [0.15, 0.2) is 17.3 Å². The standard InChI is InChI=1S/C22H24O7/c1-12(2)5-6-22(13-7-16(25)20(28-4)18(8-13)27-3)11-29-17-10-14(23)9-15(24)19(17)21(22)26/h5,7-10,23-25H,6,11H2,1-4H3. The summed E-state index contributed by atoms with van der Waals surface area (Å²) < 4.78 is 16.3. The minimum absolute atomic E-state index is 0.00881. The van der Waals surface area contributed by atoms with Gasteiger partial charge in [-0.15, -0.1) is 0 Å². The molecule has 2 aromatic rings. The van der Waals surface area contributed by atoms with E-state index in [-0.39, 0.29) is 58.9 Å². The molecule has 1 heterocycles. The van der Waals surface area contributed by atoms with Crippen molar-refractivity contribution in [1.82, 2.24) is 0 Å². The molecule has 0 saturated carbocycles. The summed E-state index contributed by atoms with van der Waals surface area (Å²) in [6.07, 6.45) is 2.18. The summed E-state index contributed by atoms with van der Waals surface area (Å²) >= 11 is 0. The van der Waals surface area contributed by atoms with E-state index in [1.807, 2.05) is 19.9 Å². The van der Waals surface area contributed by atoms with E-state index in [0.717, 1.165) is 11.6 Å². The first kappa shape index (κ1) is 20.4. The zero-order valence-corrected chi connectivity index (χ0v) is 16.8. The molecule has 7 nitrogen and oxygen atoms in total. The summed E-state index contributed by atoms with van der Waals surface area (Å²) in [6, 6.07) is 5.47. The number of phenols is 3. The highest BCUT2D eigenvalue weighted by Gasteiger charge is 2.47. The van der Waals surface area contributed by atoms with Crippen molar-refractivity contribution in [2.45, 2.75) is 25.7 Å². The summed E-state index contributed by atoms with van der Waals surface area (Å²) in [5.41, 5.74) is 0.247. The fraction of sp³-hybridized carbons (Fsp3) is 0.318. The first-order valence-corrected chi connectivity index (χ1v) is 9.06. The number of ketones is 1. The number of carbonyl (C=O) groups excluding carboxylic acids is 1. The Morgan fingerprint density at radius 2 is 1.83 bits per heavy atom. The number of benzene rings is 2. The van der Waals surface area contributed by atoms with E-state index >= 15 is 0 Å². The smallest absolute Gasteiger partial charge is 0.203 e. The number of phenolic OH excluding ortho intramolecular Hbond substituents is 3. The molecule has 0 aromatic heterocycles. The Labute approximate surface area is 168 Å². The number of fused-ring (bicyclic) bond motifs is 1. The summed E-state index contributed by atoms with van der Waals surface area (Å²) in [5.74, 6) is -0.568. The molecule has 0 spiro atoms. The van der Waals surface area contributed by atoms with Crippen molar-refractivity contribution >= 4 is 5.78 Å². The molecule has 0 aliphatic carbocycles. The fourth-order valence-electron chi connectivity index (χ4n) is 3.52. The van der Waals surface area contributed by atoms with Crippen LogP contribution < -0.4 is 14.2 Å². The van der Waals surface area contributed by atoms with Gasteiger partial charge < -0.3 is 29.5 Å². The monoisotopic (exact) mass is 400 g/mol. The predicted octanol–water partition coefficient (Wildman–Crippen LogP) is 3.69. The fourth-order valence-corrected chi connectivity index (χ4v) is 3.52. The molecular formula is C22H24O7. The molecule has 0 radical (unpaired) electrons. The summed E-state index contributed by atoms with van der Waals surface area (Å²) in [5, 5.41) is 30.5. The van der Waals surface area contributed by atoms with Crippen LogP contribution in [-0.4, -0.2) is 41.9 Å². The highest BCUT2D eigenvalue weighted by atomic mass is 16.5. The number of ether oxygens (including phenoxy) is 3. The number of hydrogen-bond donors (Lipinski definition) is 3. The maximum absolute atomic E-state index is 13.6. The zero-order chi connectivity index (χ0) is 21.3. The molecule has 0 fully saturated rings. The van der Waals surface area contributed by atoms with Gasteiger partial charge in [-0.05, 0) is 38.0 Å². The van der Waals surface area contributed by atoms with Crippen LogP contribution in [0.4, 0.5) is 0 Å². The van der Waals surface area contributed by atoms with E-state index < -0.39 is 5.41 Å². The van der Waals surface area contributed by atoms with Gasteiger partial charge in [0.05, 0.1) is 19.6 Å². The first-order chi connectivity index (χ1) is 13.7. The number of allylic oxidation sites excluding steroid dienone is 2. The van der Waals surface area contributed by atoms with Crippen LogP contribution in [0.2, 0.25) is 0 Å². The molecule has 1 aliphatic rings. The lowest BCUT2D eigenvalue weighted by atomic mass is 9.70. The molecule has 1 aliphatic heterocycles. The maximum atomic E-state index is 13.6. The number of hydrogen-bond acceptors (Lipinski definition) is 7. The summed E-state index contributed by atoms with van der Waals surface area (Å²) in [6.45, 7) is 3.79. The van der Waals surface area contributed by atoms with Crippen LogP contribution in [0.1, 0.15) is 36.2 Å². The molecular weight excluding hydrogens is 376 g/mol. The minimum Gasteiger partial charge on any atom is -0.508 e. The normalized spacial score (nSPS) is 17.9. The average molecular weight is 400 g/mol. The molecule has 154 valence electrons. The predicted molar refractivity (Wildman–Crippen MR) is 107 cm³/mol. The Kier molecular flexibility index (Phi) is 5.33. The van der Waals surface area contributed by atoms with E-state index in [0.29, 0.717) is 5.56 Å². The van der Waals surface area contributed by atoms with Gasteiger partial charge in [-0.3, -0.25) is 4.79 Å². The largest absolute Gasteiger partial charge is 0.508 e. The van der Waals surface area contributed by atoms with Gasteiger partial charge in [0.1, 0.15) is 29.4 Å². The number of Topliss-reactive ketones (excluding diaryl/α,β-unsaturated/α-hetero) is 1. The van der Waals surface area contributed by atoms with Crippen molar-refractivity contribution in [2.75, 3.05) is 20.8 Å². The van der Waals surface area contributed by atoms with Crippen molar-refractivity contribution in [2.24, 2.45) is 0 Å². The number of aromatic hydroxyl groups is 3. The molecule has 7 heteroatoms. The topological polar surface area (TPSA) is 105 Å². The van der Waals surface area contributed by atoms with E-state index in [9.17, 15) is 20.1 Å². The van der Waals surface area contributed by atoms with Crippen LogP contribution >= 0.6 is 0 Å². The van der Waals surface area contributed by atoms with E-state index in [1.54, 1.807) is 6.07 Å². The second-order valence-electron chi connectivity index (χ2n) is 7.25. The third kappa shape index (κ3) is 3.44. The Balaban J connectivity index is 2.25. The van der Waals surface area contributed by atoms with Crippen molar-refractivity contribution in [1.29, 1.82) is 0 Å². The number of methoxy groups -OCH3 is 2. The van der Waals surface area contributed by atoms with Crippen LogP contribution in [0.15, 0.2) is 35.9 Å². The third-order valence-electron chi connectivity index (χ3n) is 5.07. The zero-order valence-electron chi connectivity index (χ0n) is 16.8. The van der Waals surface area contributed by atoms with Gasteiger partial charge in [-0.25, -0.2) is 0 Å². The average Bonchev–Trinajstić information content (AvgIpc) is 2.66. The van der Waals surface area contributed by atoms with Crippen molar-refractivity contribution in [3.05, 3.63) is 47.0 Å². The Bertz CT molecular complexity index is 989. The second-order valence-corrected chi connectivity index (χ2v) is 7.25. The second kappa shape index (κ2) is 7.58. The summed E-state index contributed by atoms with van der Waals surface area (Å²) in [7, 11) is 2.85. The molecule has 0 saturated heterocycles. The van der Waals surface area contributed by atoms with Crippen LogP contribution in [0.3, 0.4) is 0 Å². The maximum Gasteiger partial charge on any atom is 0.203 e. The molecule has 1 unspecified atom stereocenters. The number of carbonyl (C=O) groups is 1. The van der Waals surface area contributed by atoms with Crippen molar-refractivity contribution < 1.29 is 34.3 Å². The molecule has 29 heavy (non-hydrogen) atoms. The lowest BCUT2D eigenvalue weighted by Crippen LogP contribution is -2.44. The van der Waals surface area contributed by atoms with Gasteiger partial charge >= 0.3 is 0 Å². The van der Waals surface area contributed by atoms with Crippen LogP contribution in [0, 0.1) is 0 Å². The molecule has 3 rings (SSSR count). The molecule has 0 bridgehead atoms. The Hall–Kier alpha value is -3.35. The quantitative estimate of drug-likeness (QED) is 0.657. The highest BCUT2D eigenvalue weighted by molar-refractivity contribution is 6.09. The Morgan fingerprint density at radius 3 is 2.45 bits per heavy atom. The number of rotatable bonds is 5. The van der Waals surface area contributed by atoms with Gasteiger partial charge in [0.25, 0.3) is 0 Å². The first-order valence-electron chi connectivity index (χ1n) is 9.06. The van der Waals surface area contributed by atoms with E-state index in [1.165, 1.54) is 26.4 Å². The van der Waals surface area contributed by atoms with Crippen LogP contribution in [0.25, 0.3) is 0 Å². The van der Waals surface area contributed by atoms with Crippen molar-refractivity contribution in [3.63, 3.8) is 0 Å². The molecule has 1 atom stereocenters. The molecule has 3 N–H and O–H groups in total. The van der Waals surface area contributed by atoms with Gasteiger partial charge in [-0.2, -0.15) is 0 Å². The van der Waals surface area contributed by atoms with Crippen molar-refractivity contribution in [3.8, 4) is 34.5 Å². The summed E-state index contributed by atoms with van der Waals surface area (Å²) in [4.78, 5) is 13.6. The van der Waals surface area contributed by atoms with Gasteiger partial charge in [0.2, 0.25) is 5.75 Å². The van der Waals surface area contributed by atoms with Crippen LogP contribution in [-0.2, 0) is 5.41 Å². The lowest BCUT2D eigenvalue weighted by molar-refractivity contribution is 0.0764. The highest BCUT2D eigenvalue weighted by Crippen LogP contribution is 2.48. The SMILES string of the molecule is COc1cc(C2(CC=C(C)C)COc3cc(O)cc(O)c3C2=O)cc(O)c1OC. The van der Waals surface area contributed by atoms with Gasteiger partial charge in [-0.1, -0.05) is 11.6 Å². The van der Waals surface area contributed by atoms with E-state index in [4.69, 9.17) is 14.2 Å². The van der Waals surface area contributed by atoms with E-state index in [2.05, 4.69) is 0 Å². The third-order valence-corrected chi connectivity index (χ3v) is 5.07. The van der Waals surface area contributed by atoms with Gasteiger partial charge in [0, 0.05) is 12.1 Å². The lowest BCUT2D eigenvalue weighted by Gasteiger charge is -2.37.